The number of aryl methyl sites for hydroxylation is 1. The van der Waals surface area contributed by atoms with Crippen molar-refractivity contribution in [2.75, 3.05) is 0 Å². The van der Waals surface area contributed by atoms with Gasteiger partial charge in [-0.1, -0.05) is 176 Å². The molecule has 0 spiro atoms. The maximum absolute atomic E-state index is 5.19. The molecule has 0 bridgehead atoms. The van der Waals surface area contributed by atoms with Crippen LogP contribution in [0.2, 0.25) is 0 Å². The zero-order chi connectivity index (χ0) is 36.5. The first-order chi connectivity index (χ1) is 26.0. The van der Waals surface area contributed by atoms with Crippen molar-refractivity contribution in [2.45, 2.75) is 20.8 Å². The number of benzene rings is 7. The molecule has 0 amide bonds. The van der Waals surface area contributed by atoms with Crippen LogP contribution in [0.5, 0.6) is 0 Å². The van der Waals surface area contributed by atoms with Crippen molar-refractivity contribution in [3.63, 3.8) is 0 Å². The topological polar surface area (TPSA) is 12.9 Å². The zero-order valence-corrected chi connectivity index (χ0v) is 30.5. The Labute approximate surface area is 312 Å². The molecule has 8 rings (SSSR count). The number of pyridine rings is 1. The molecule has 7 aromatic carbocycles. The lowest BCUT2D eigenvalue weighted by Crippen LogP contribution is -1.95. The van der Waals surface area contributed by atoms with Crippen molar-refractivity contribution in [1.29, 1.82) is 0 Å². The summed E-state index contributed by atoms with van der Waals surface area (Å²) in [7, 11) is 0. The number of hydrogen-bond donors (Lipinski definition) is 0. The van der Waals surface area contributed by atoms with Crippen molar-refractivity contribution in [3.05, 3.63) is 205 Å². The Hall–Kier alpha value is -6.57. The van der Waals surface area contributed by atoms with E-state index in [4.69, 9.17) is 4.98 Å². The maximum Gasteiger partial charge on any atom is 0.0715 e. The highest BCUT2D eigenvalue weighted by Gasteiger charge is 2.19. The van der Waals surface area contributed by atoms with E-state index in [1.165, 1.54) is 65.7 Å². The fourth-order valence-corrected chi connectivity index (χ4v) is 7.82. The summed E-state index contributed by atoms with van der Waals surface area (Å²) in [6.07, 6.45) is 6.00. The van der Waals surface area contributed by atoms with Gasteiger partial charge in [0.25, 0.3) is 0 Å². The Bertz CT molecular complexity index is 2720. The minimum absolute atomic E-state index is 0.893. The van der Waals surface area contributed by atoms with E-state index in [9.17, 15) is 0 Å². The number of hydrogen-bond acceptors (Lipinski definition) is 1. The third kappa shape index (κ3) is 6.11. The summed E-state index contributed by atoms with van der Waals surface area (Å²) in [5, 5.41) is 7.42. The average molecular weight is 680 g/mol. The van der Waals surface area contributed by atoms with Crippen LogP contribution < -0.4 is 0 Å². The standard InChI is InChI=1S/C52H41N/c1-6-16-43(39(7-2)34(3)4)50-28-15-27-49(53-50)37-17-12-18-38(33-37)51-45-19-8-10-21-47(45)52(48-22-11-9-20-46(48)51)44-26-14-24-41-40(23-13-25-42(41)44)36-31-29-35(5)30-32-36/h6-33H,2-3H2,1,4-5H3/b16-6?,43-39+. The third-order valence-corrected chi connectivity index (χ3v) is 10.2. The second-order valence-corrected chi connectivity index (χ2v) is 13.7. The minimum Gasteiger partial charge on any atom is -0.248 e. The van der Waals surface area contributed by atoms with Crippen LogP contribution in [-0.2, 0) is 0 Å². The van der Waals surface area contributed by atoms with Gasteiger partial charge in [0.1, 0.15) is 0 Å². The molecule has 0 radical (unpaired) electrons. The number of fused-ring (bicyclic) bond motifs is 3. The highest BCUT2D eigenvalue weighted by Crippen LogP contribution is 2.46. The van der Waals surface area contributed by atoms with Crippen LogP contribution in [-0.4, -0.2) is 4.98 Å². The van der Waals surface area contributed by atoms with E-state index >= 15 is 0 Å². The molecule has 0 saturated carbocycles. The van der Waals surface area contributed by atoms with Gasteiger partial charge in [-0.2, -0.15) is 0 Å². The Kier molecular flexibility index (Phi) is 9.00. The molecule has 0 atom stereocenters. The van der Waals surface area contributed by atoms with Crippen molar-refractivity contribution in [1.82, 2.24) is 4.98 Å². The molecule has 0 aliphatic heterocycles. The first-order valence-corrected chi connectivity index (χ1v) is 18.2. The number of rotatable bonds is 8. The van der Waals surface area contributed by atoms with Crippen LogP contribution in [0, 0.1) is 6.92 Å². The van der Waals surface area contributed by atoms with E-state index in [-0.39, 0.29) is 0 Å². The van der Waals surface area contributed by atoms with Gasteiger partial charge in [-0.05, 0) is 110 Å². The molecule has 1 heteroatoms. The highest BCUT2D eigenvalue weighted by atomic mass is 14.7. The molecule has 0 N–H and O–H groups in total. The Morgan fingerprint density at radius 1 is 0.547 bits per heavy atom. The molecule has 1 aromatic heterocycles. The largest absolute Gasteiger partial charge is 0.248 e. The van der Waals surface area contributed by atoms with Gasteiger partial charge in [0, 0.05) is 11.1 Å². The number of aromatic nitrogens is 1. The molecule has 0 fully saturated rings. The zero-order valence-electron chi connectivity index (χ0n) is 30.5. The van der Waals surface area contributed by atoms with Gasteiger partial charge in [-0.25, -0.2) is 4.98 Å². The predicted molar refractivity (Wildman–Crippen MR) is 230 cm³/mol. The van der Waals surface area contributed by atoms with Crippen LogP contribution in [0.15, 0.2) is 194 Å². The van der Waals surface area contributed by atoms with Gasteiger partial charge < -0.3 is 0 Å². The van der Waals surface area contributed by atoms with E-state index in [1.54, 1.807) is 0 Å². The Morgan fingerprint density at radius 3 is 1.72 bits per heavy atom. The molecule has 0 unspecified atom stereocenters. The lowest BCUT2D eigenvalue weighted by Gasteiger charge is -2.19. The summed E-state index contributed by atoms with van der Waals surface area (Å²) in [6.45, 7) is 14.4. The summed E-state index contributed by atoms with van der Waals surface area (Å²) < 4.78 is 0. The molecular weight excluding hydrogens is 639 g/mol. The van der Waals surface area contributed by atoms with Gasteiger partial charge in [0.2, 0.25) is 0 Å². The quantitative estimate of drug-likeness (QED) is 0.115. The normalized spacial score (nSPS) is 12.1. The van der Waals surface area contributed by atoms with Crippen molar-refractivity contribution >= 4 is 37.9 Å². The molecule has 0 aliphatic rings. The lowest BCUT2D eigenvalue weighted by atomic mass is 9.84. The third-order valence-electron chi connectivity index (χ3n) is 10.2. The SMILES string of the molecule is C=C/C(C(=C)C)=C(/C=CC)c1cccc(-c2cccc(-c3c4ccccc4c(-c4cccc5c(-c6ccc(C)cc6)cccc45)c4ccccc34)c2)n1. The second kappa shape index (κ2) is 14.2. The van der Waals surface area contributed by atoms with Gasteiger partial charge in [0.15, 0.2) is 0 Å². The molecular formula is C52H41N. The fraction of sp³-hybridized carbons (Fsp3) is 0.0577. The summed E-state index contributed by atoms with van der Waals surface area (Å²) in [5.41, 5.74) is 14.5. The molecule has 1 heterocycles. The van der Waals surface area contributed by atoms with Gasteiger partial charge >= 0.3 is 0 Å². The van der Waals surface area contributed by atoms with Crippen LogP contribution >= 0.6 is 0 Å². The smallest absolute Gasteiger partial charge is 0.0715 e. The van der Waals surface area contributed by atoms with Gasteiger partial charge in [-0.15, -0.1) is 0 Å². The summed E-state index contributed by atoms with van der Waals surface area (Å²) in [6, 6.07) is 55.1. The number of allylic oxidation sites excluding steroid dienone is 6. The van der Waals surface area contributed by atoms with Crippen LogP contribution in [0.4, 0.5) is 0 Å². The molecule has 254 valence electrons. The maximum atomic E-state index is 5.19. The van der Waals surface area contributed by atoms with E-state index < -0.39 is 0 Å². The monoisotopic (exact) mass is 679 g/mol. The first-order valence-electron chi connectivity index (χ1n) is 18.2. The summed E-state index contributed by atoms with van der Waals surface area (Å²) in [4.78, 5) is 5.19. The predicted octanol–water partition coefficient (Wildman–Crippen LogP) is 14.6. The van der Waals surface area contributed by atoms with Crippen LogP contribution in [0.25, 0.3) is 82.5 Å². The van der Waals surface area contributed by atoms with E-state index in [2.05, 4.69) is 178 Å². The fourth-order valence-electron chi connectivity index (χ4n) is 7.82. The van der Waals surface area contributed by atoms with E-state index in [1.807, 2.05) is 26.0 Å². The minimum atomic E-state index is 0.893. The van der Waals surface area contributed by atoms with Gasteiger partial charge in [0.05, 0.1) is 11.4 Å². The van der Waals surface area contributed by atoms with E-state index in [0.29, 0.717) is 0 Å². The van der Waals surface area contributed by atoms with Crippen molar-refractivity contribution in [3.8, 4) is 44.6 Å². The van der Waals surface area contributed by atoms with Crippen LogP contribution in [0.3, 0.4) is 0 Å². The molecule has 1 nitrogen and oxygen atoms in total. The summed E-state index contributed by atoms with van der Waals surface area (Å²) in [5.74, 6) is 0. The lowest BCUT2D eigenvalue weighted by molar-refractivity contribution is 1.27. The van der Waals surface area contributed by atoms with Crippen molar-refractivity contribution < 1.29 is 0 Å². The Morgan fingerprint density at radius 2 is 1.09 bits per heavy atom. The molecule has 0 saturated heterocycles. The van der Waals surface area contributed by atoms with Crippen LogP contribution in [0.1, 0.15) is 25.1 Å². The van der Waals surface area contributed by atoms with Crippen molar-refractivity contribution in [2.24, 2.45) is 0 Å². The summed E-state index contributed by atoms with van der Waals surface area (Å²) >= 11 is 0. The van der Waals surface area contributed by atoms with E-state index in [0.717, 1.165) is 39.2 Å². The molecule has 8 aromatic rings. The average Bonchev–Trinajstić information content (AvgIpc) is 3.20. The first kappa shape index (κ1) is 33.6. The highest BCUT2D eigenvalue weighted by molar-refractivity contribution is 6.24. The van der Waals surface area contributed by atoms with Gasteiger partial charge in [-0.3, -0.25) is 0 Å². The Balaban J connectivity index is 1.34. The molecule has 0 aliphatic carbocycles. The second-order valence-electron chi connectivity index (χ2n) is 13.7. The number of nitrogens with zero attached hydrogens (tertiary/aromatic N) is 1. The molecule has 53 heavy (non-hydrogen) atoms.